The van der Waals surface area contributed by atoms with Gasteiger partial charge in [0, 0.05) is 21.2 Å². The molecule has 4 nitrogen and oxygen atoms in total. The second-order valence-corrected chi connectivity index (χ2v) is 7.57. The van der Waals surface area contributed by atoms with E-state index in [0.29, 0.717) is 21.7 Å². The van der Waals surface area contributed by atoms with E-state index in [0.717, 1.165) is 22.3 Å². The fraction of sp³-hybridized carbons (Fsp3) is 0.0833. The minimum Gasteiger partial charge on any atom is -0.489 e. The standard InChI is InChI=1S/C24H17Cl2NO3/c1-15-5-9-17(10-6-15)23-27-22(24(28)30-23)13-16-7-11-18(12-8-16)29-14-19-20(25)3-2-4-21(19)26/h2-13H,14H2,1H3. The van der Waals surface area contributed by atoms with Crippen LogP contribution in [0.15, 0.2) is 77.4 Å². The van der Waals surface area contributed by atoms with Crippen LogP contribution in [-0.2, 0) is 16.1 Å². The fourth-order valence-corrected chi connectivity index (χ4v) is 3.38. The molecule has 30 heavy (non-hydrogen) atoms. The molecule has 1 aliphatic heterocycles. The summed E-state index contributed by atoms with van der Waals surface area (Å²) >= 11 is 12.3. The Morgan fingerprint density at radius 1 is 0.967 bits per heavy atom. The van der Waals surface area contributed by atoms with Gasteiger partial charge in [-0.15, -0.1) is 0 Å². The summed E-state index contributed by atoms with van der Waals surface area (Å²) in [5.74, 6) is 0.494. The van der Waals surface area contributed by atoms with Crippen molar-refractivity contribution in [3.63, 3.8) is 0 Å². The number of halogens is 2. The molecule has 0 unspecified atom stereocenters. The molecule has 0 saturated carbocycles. The van der Waals surface area contributed by atoms with Crippen LogP contribution in [0.3, 0.4) is 0 Å². The van der Waals surface area contributed by atoms with E-state index in [9.17, 15) is 4.79 Å². The van der Waals surface area contributed by atoms with Crippen LogP contribution in [0.2, 0.25) is 10.0 Å². The van der Waals surface area contributed by atoms with Crippen molar-refractivity contribution in [2.75, 3.05) is 0 Å². The first-order valence-electron chi connectivity index (χ1n) is 9.25. The van der Waals surface area contributed by atoms with Crippen LogP contribution in [0.5, 0.6) is 5.75 Å². The van der Waals surface area contributed by atoms with E-state index in [2.05, 4.69) is 4.99 Å². The molecule has 150 valence electrons. The van der Waals surface area contributed by atoms with Crippen LogP contribution in [0, 0.1) is 6.92 Å². The third-order valence-electron chi connectivity index (χ3n) is 4.55. The molecule has 0 saturated heterocycles. The number of rotatable bonds is 5. The van der Waals surface area contributed by atoms with Gasteiger partial charge in [-0.25, -0.2) is 9.79 Å². The molecule has 0 N–H and O–H groups in total. The van der Waals surface area contributed by atoms with E-state index in [-0.39, 0.29) is 12.3 Å². The summed E-state index contributed by atoms with van der Waals surface area (Å²) in [5.41, 5.74) is 3.68. The maximum atomic E-state index is 12.2. The Morgan fingerprint density at radius 2 is 1.63 bits per heavy atom. The zero-order chi connectivity index (χ0) is 21.1. The van der Waals surface area contributed by atoms with Crippen LogP contribution in [0.1, 0.15) is 22.3 Å². The maximum Gasteiger partial charge on any atom is 0.363 e. The lowest BCUT2D eigenvalue weighted by Crippen LogP contribution is -2.05. The molecule has 0 fully saturated rings. The lowest BCUT2D eigenvalue weighted by Gasteiger charge is -2.09. The van der Waals surface area contributed by atoms with E-state index in [1.807, 2.05) is 55.5 Å². The number of carbonyl (C=O) groups excluding carboxylic acids is 1. The van der Waals surface area contributed by atoms with Crippen molar-refractivity contribution in [1.82, 2.24) is 0 Å². The van der Waals surface area contributed by atoms with Gasteiger partial charge >= 0.3 is 5.97 Å². The zero-order valence-corrected chi connectivity index (χ0v) is 17.6. The van der Waals surface area contributed by atoms with Crippen LogP contribution in [0.4, 0.5) is 0 Å². The van der Waals surface area contributed by atoms with Crippen molar-refractivity contribution in [1.29, 1.82) is 0 Å². The fourth-order valence-electron chi connectivity index (χ4n) is 2.87. The van der Waals surface area contributed by atoms with Gasteiger partial charge in [-0.2, -0.15) is 0 Å². The van der Waals surface area contributed by atoms with Gasteiger partial charge in [-0.3, -0.25) is 0 Å². The van der Waals surface area contributed by atoms with Crippen LogP contribution in [-0.4, -0.2) is 11.9 Å². The smallest absolute Gasteiger partial charge is 0.363 e. The second kappa shape index (κ2) is 8.74. The summed E-state index contributed by atoms with van der Waals surface area (Å²) in [5, 5.41) is 1.12. The maximum absolute atomic E-state index is 12.2. The summed E-state index contributed by atoms with van der Waals surface area (Å²) in [6.07, 6.45) is 1.68. The highest BCUT2D eigenvalue weighted by molar-refractivity contribution is 6.35. The Kier molecular flexibility index (Phi) is 5.88. The number of esters is 1. The van der Waals surface area contributed by atoms with Gasteiger partial charge in [0.25, 0.3) is 0 Å². The Labute approximate surface area is 184 Å². The molecule has 0 aromatic heterocycles. The molecular formula is C24H17Cl2NO3. The van der Waals surface area contributed by atoms with Crippen molar-refractivity contribution in [3.05, 3.63) is 105 Å². The third kappa shape index (κ3) is 4.56. The van der Waals surface area contributed by atoms with Gasteiger partial charge in [0.15, 0.2) is 5.70 Å². The van der Waals surface area contributed by atoms with Gasteiger partial charge in [0.05, 0.1) is 0 Å². The van der Waals surface area contributed by atoms with E-state index in [1.54, 1.807) is 24.3 Å². The number of nitrogens with zero attached hydrogens (tertiary/aromatic N) is 1. The lowest BCUT2D eigenvalue weighted by atomic mass is 10.1. The van der Waals surface area contributed by atoms with Gasteiger partial charge in [0.2, 0.25) is 5.90 Å². The molecular weight excluding hydrogens is 421 g/mol. The predicted molar refractivity (Wildman–Crippen MR) is 119 cm³/mol. The topological polar surface area (TPSA) is 47.9 Å². The van der Waals surface area contributed by atoms with Gasteiger partial charge in [-0.1, -0.05) is 59.1 Å². The first-order valence-corrected chi connectivity index (χ1v) is 10.0. The molecule has 0 amide bonds. The molecule has 1 heterocycles. The summed E-state index contributed by atoms with van der Waals surface area (Å²) in [6.45, 7) is 2.25. The molecule has 0 atom stereocenters. The van der Waals surface area contributed by atoms with Gasteiger partial charge in [0.1, 0.15) is 12.4 Å². The zero-order valence-electron chi connectivity index (χ0n) is 16.1. The number of aryl methyl sites for hydroxylation is 1. The highest BCUT2D eigenvalue weighted by Gasteiger charge is 2.24. The van der Waals surface area contributed by atoms with E-state index in [1.165, 1.54) is 0 Å². The Hall–Kier alpha value is -3.08. The first kappa shape index (κ1) is 20.2. The second-order valence-electron chi connectivity index (χ2n) is 6.76. The third-order valence-corrected chi connectivity index (χ3v) is 5.26. The Bertz CT molecular complexity index is 1130. The van der Waals surface area contributed by atoms with Gasteiger partial charge in [-0.05, 0) is 55.0 Å². The number of hydrogen-bond donors (Lipinski definition) is 0. The number of cyclic esters (lactones) is 1. The highest BCUT2D eigenvalue weighted by atomic mass is 35.5. The summed E-state index contributed by atoms with van der Waals surface area (Å²) < 4.78 is 11.1. The van der Waals surface area contributed by atoms with Crippen molar-refractivity contribution < 1.29 is 14.3 Å². The van der Waals surface area contributed by atoms with Crippen LogP contribution >= 0.6 is 23.2 Å². The van der Waals surface area contributed by atoms with Crippen molar-refractivity contribution >= 4 is 41.1 Å². The average Bonchev–Trinajstić information content (AvgIpc) is 3.09. The first-order chi connectivity index (χ1) is 14.5. The SMILES string of the molecule is Cc1ccc(C2=NC(=Cc3ccc(OCc4c(Cl)cccc4Cl)cc3)C(=O)O2)cc1. The normalized spacial score (nSPS) is 14.6. The van der Waals surface area contributed by atoms with E-state index >= 15 is 0 Å². The number of hydrogen-bond acceptors (Lipinski definition) is 4. The van der Waals surface area contributed by atoms with E-state index in [4.69, 9.17) is 32.7 Å². The molecule has 3 aromatic rings. The number of ether oxygens (including phenoxy) is 2. The predicted octanol–water partition coefficient (Wildman–Crippen LogP) is 6.23. The molecule has 0 bridgehead atoms. The van der Waals surface area contributed by atoms with Crippen molar-refractivity contribution in [2.24, 2.45) is 4.99 Å². The quantitative estimate of drug-likeness (QED) is 0.351. The molecule has 0 aliphatic carbocycles. The molecule has 0 spiro atoms. The van der Waals surface area contributed by atoms with Crippen molar-refractivity contribution in [3.8, 4) is 5.75 Å². The Balaban J connectivity index is 1.47. The molecule has 1 aliphatic rings. The minimum absolute atomic E-state index is 0.252. The number of carbonyl (C=O) groups is 1. The molecule has 4 rings (SSSR count). The number of benzene rings is 3. The minimum atomic E-state index is -0.473. The molecule has 6 heteroatoms. The van der Waals surface area contributed by atoms with Crippen molar-refractivity contribution in [2.45, 2.75) is 13.5 Å². The van der Waals surface area contributed by atoms with Crippen LogP contribution < -0.4 is 4.74 Å². The van der Waals surface area contributed by atoms with E-state index < -0.39 is 5.97 Å². The summed E-state index contributed by atoms with van der Waals surface area (Å²) in [7, 11) is 0. The molecule has 0 radical (unpaired) electrons. The molecule has 3 aromatic carbocycles. The number of aliphatic imine (C=N–C) groups is 1. The highest BCUT2D eigenvalue weighted by Crippen LogP contribution is 2.26. The summed E-state index contributed by atoms with van der Waals surface area (Å²) in [6, 6.07) is 20.3. The average molecular weight is 438 g/mol. The summed E-state index contributed by atoms with van der Waals surface area (Å²) in [4.78, 5) is 16.5. The van der Waals surface area contributed by atoms with Crippen LogP contribution in [0.25, 0.3) is 6.08 Å². The van der Waals surface area contributed by atoms with Gasteiger partial charge < -0.3 is 9.47 Å². The lowest BCUT2D eigenvalue weighted by molar-refractivity contribution is -0.129. The Morgan fingerprint density at radius 3 is 2.30 bits per heavy atom. The largest absolute Gasteiger partial charge is 0.489 e. The monoisotopic (exact) mass is 437 g/mol.